The molecule has 0 aliphatic heterocycles. The first-order valence-electron chi connectivity index (χ1n) is 6.97. The number of halogens is 1. The molecule has 1 unspecified atom stereocenters. The Morgan fingerprint density at radius 1 is 1.14 bits per heavy atom. The van der Waals surface area contributed by atoms with Crippen LogP contribution in [0.4, 0.5) is 0 Å². The highest BCUT2D eigenvalue weighted by Gasteiger charge is 2.28. The molecule has 0 aliphatic carbocycles. The van der Waals surface area contributed by atoms with Crippen molar-refractivity contribution in [3.05, 3.63) is 70.8 Å². The lowest BCUT2D eigenvalue weighted by Gasteiger charge is -2.30. The van der Waals surface area contributed by atoms with Gasteiger partial charge in [0.15, 0.2) is 0 Å². The third kappa shape index (κ3) is 3.53. The fraction of sp³-hybridized carbons (Fsp3) is 0.278. The van der Waals surface area contributed by atoms with Crippen molar-refractivity contribution < 1.29 is 4.79 Å². The van der Waals surface area contributed by atoms with Crippen LogP contribution in [0, 0.1) is 13.8 Å². The van der Waals surface area contributed by atoms with Gasteiger partial charge in [0.25, 0.3) is 5.91 Å². The van der Waals surface area contributed by atoms with Crippen molar-refractivity contribution >= 4 is 21.8 Å². The minimum atomic E-state index is -0.436. The molecule has 21 heavy (non-hydrogen) atoms. The Balaban J connectivity index is 2.30. The molecule has 0 heterocycles. The zero-order chi connectivity index (χ0) is 15.5. The number of carbonyl (C=O) groups is 1. The van der Waals surface area contributed by atoms with Gasteiger partial charge in [0, 0.05) is 10.9 Å². The summed E-state index contributed by atoms with van der Waals surface area (Å²) in [7, 11) is 0. The van der Waals surface area contributed by atoms with Gasteiger partial charge < -0.3 is 5.32 Å². The Labute approximate surface area is 134 Å². The predicted molar refractivity (Wildman–Crippen MR) is 91.0 cm³/mol. The van der Waals surface area contributed by atoms with Crippen LogP contribution in [0.25, 0.3) is 0 Å². The first-order chi connectivity index (χ1) is 9.96. The first-order valence-corrected chi connectivity index (χ1v) is 8.10. The number of amides is 1. The van der Waals surface area contributed by atoms with Crippen LogP contribution in [-0.4, -0.2) is 11.2 Å². The lowest BCUT2D eigenvalue weighted by atomic mass is 9.93. The van der Waals surface area contributed by atoms with E-state index in [-0.39, 0.29) is 5.91 Å². The van der Waals surface area contributed by atoms with Crippen LogP contribution in [0.3, 0.4) is 0 Å². The normalized spacial score (nSPS) is 13.5. The molecule has 0 saturated carbocycles. The van der Waals surface area contributed by atoms with E-state index in [0.29, 0.717) is 5.33 Å². The zero-order valence-corrected chi connectivity index (χ0v) is 14.2. The van der Waals surface area contributed by atoms with Crippen LogP contribution >= 0.6 is 15.9 Å². The largest absolute Gasteiger partial charge is 0.342 e. The summed E-state index contributed by atoms with van der Waals surface area (Å²) < 4.78 is 0. The number of nitrogens with one attached hydrogen (secondary N) is 1. The molecule has 1 amide bonds. The lowest BCUT2D eigenvalue weighted by molar-refractivity contribution is 0.0913. The third-order valence-corrected chi connectivity index (χ3v) is 4.83. The van der Waals surface area contributed by atoms with Crippen LogP contribution in [-0.2, 0) is 5.54 Å². The van der Waals surface area contributed by atoms with Gasteiger partial charge in [-0.15, -0.1) is 0 Å². The Morgan fingerprint density at radius 2 is 1.81 bits per heavy atom. The third-order valence-electron chi connectivity index (χ3n) is 3.71. The highest BCUT2D eigenvalue weighted by molar-refractivity contribution is 9.09. The molecule has 3 heteroatoms. The Bertz CT molecular complexity index is 639. The summed E-state index contributed by atoms with van der Waals surface area (Å²) in [5, 5.41) is 3.81. The molecule has 0 saturated heterocycles. The van der Waals surface area contributed by atoms with E-state index >= 15 is 0 Å². The molecule has 1 N–H and O–H groups in total. The predicted octanol–water partition coefficient (Wildman–Crippen LogP) is 4.34. The molecule has 0 aliphatic rings. The summed E-state index contributed by atoms with van der Waals surface area (Å²) in [6.07, 6.45) is 0. The van der Waals surface area contributed by atoms with E-state index in [1.807, 2.05) is 69.3 Å². The molecular formula is C18H20BrNO. The van der Waals surface area contributed by atoms with Gasteiger partial charge in [0.05, 0.1) is 5.54 Å². The molecule has 0 fully saturated rings. The SMILES string of the molecule is Cc1ccc(C)c(C(=O)NC(C)(CBr)c2ccccc2)c1. The van der Waals surface area contributed by atoms with E-state index in [4.69, 9.17) is 0 Å². The molecule has 2 nitrogen and oxygen atoms in total. The molecule has 2 rings (SSSR count). The van der Waals surface area contributed by atoms with Crippen molar-refractivity contribution in [2.75, 3.05) is 5.33 Å². The van der Waals surface area contributed by atoms with E-state index in [0.717, 1.165) is 22.3 Å². The summed E-state index contributed by atoms with van der Waals surface area (Å²) >= 11 is 3.53. The summed E-state index contributed by atoms with van der Waals surface area (Å²) in [5.41, 5.74) is 3.46. The van der Waals surface area contributed by atoms with Crippen LogP contribution in [0.15, 0.2) is 48.5 Å². The van der Waals surface area contributed by atoms with Crippen LogP contribution in [0.1, 0.15) is 34.0 Å². The van der Waals surface area contributed by atoms with Gasteiger partial charge in [0.2, 0.25) is 0 Å². The maximum Gasteiger partial charge on any atom is 0.252 e. The van der Waals surface area contributed by atoms with Gasteiger partial charge in [-0.2, -0.15) is 0 Å². The first kappa shape index (κ1) is 15.8. The number of aryl methyl sites for hydroxylation is 2. The molecule has 2 aromatic rings. The summed E-state index contributed by atoms with van der Waals surface area (Å²) in [5.74, 6) is -0.0398. The van der Waals surface area contributed by atoms with Crippen LogP contribution in [0.5, 0.6) is 0 Å². The molecule has 0 bridgehead atoms. The van der Waals surface area contributed by atoms with Crippen molar-refractivity contribution in [2.45, 2.75) is 26.3 Å². The van der Waals surface area contributed by atoms with E-state index < -0.39 is 5.54 Å². The van der Waals surface area contributed by atoms with Gasteiger partial charge >= 0.3 is 0 Å². The van der Waals surface area contributed by atoms with Crippen molar-refractivity contribution in [2.24, 2.45) is 0 Å². The minimum absolute atomic E-state index is 0.0398. The van der Waals surface area contributed by atoms with E-state index in [2.05, 4.69) is 21.2 Å². The number of rotatable bonds is 4. The summed E-state index contributed by atoms with van der Waals surface area (Å²) in [4.78, 5) is 12.6. The zero-order valence-electron chi connectivity index (χ0n) is 12.6. The second-order valence-electron chi connectivity index (χ2n) is 5.60. The van der Waals surface area contributed by atoms with Crippen molar-refractivity contribution in [3.8, 4) is 0 Å². The number of benzene rings is 2. The molecular weight excluding hydrogens is 326 g/mol. The number of alkyl halides is 1. The van der Waals surface area contributed by atoms with Gasteiger partial charge in [-0.1, -0.05) is 64.0 Å². The topological polar surface area (TPSA) is 29.1 Å². The molecule has 0 aromatic heterocycles. The average molecular weight is 346 g/mol. The smallest absolute Gasteiger partial charge is 0.252 e. The van der Waals surface area contributed by atoms with E-state index in [1.54, 1.807) is 0 Å². The Morgan fingerprint density at radius 3 is 2.43 bits per heavy atom. The Kier molecular flexibility index (Phi) is 4.84. The quantitative estimate of drug-likeness (QED) is 0.820. The molecule has 0 radical (unpaired) electrons. The highest BCUT2D eigenvalue weighted by Crippen LogP contribution is 2.24. The highest BCUT2D eigenvalue weighted by atomic mass is 79.9. The van der Waals surface area contributed by atoms with E-state index in [1.165, 1.54) is 0 Å². The molecule has 2 aromatic carbocycles. The second-order valence-corrected chi connectivity index (χ2v) is 6.16. The summed E-state index contributed by atoms with van der Waals surface area (Å²) in [6, 6.07) is 16.0. The maximum atomic E-state index is 12.6. The average Bonchev–Trinajstić information content (AvgIpc) is 2.50. The van der Waals surface area contributed by atoms with Crippen LogP contribution in [0.2, 0.25) is 0 Å². The van der Waals surface area contributed by atoms with Gasteiger partial charge in [-0.05, 0) is 38.0 Å². The maximum absolute atomic E-state index is 12.6. The van der Waals surface area contributed by atoms with Crippen molar-refractivity contribution in [1.29, 1.82) is 0 Å². The monoisotopic (exact) mass is 345 g/mol. The van der Waals surface area contributed by atoms with Gasteiger partial charge in [0.1, 0.15) is 0 Å². The minimum Gasteiger partial charge on any atom is -0.342 e. The molecule has 0 spiro atoms. The number of carbonyl (C=O) groups excluding carboxylic acids is 1. The number of hydrogen-bond acceptors (Lipinski definition) is 1. The molecule has 110 valence electrons. The van der Waals surface area contributed by atoms with Gasteiger partial charge in [-0.25, -0.2) is 0 Å². The van der Waals surface area contributed by atoms with Crippen molar-refractivity contribution in [3.63, 3.8) is 0 Å². The standard InChI is InChI=1S/C18H20BrNO/c1-13-9-10-14(2)16(11-13)17(21)20-18(3,12-19)15-7-5-4-6-8-15/h4-11H,12H2,1-3H3,(H,20,21). The summed E-state index contributed by atoms with van der Waals surface area (Å²) in [6.45, 7) is 5.99. The van der Waals surface area contributed by atoms with Gasteiger partial charge in [-0.3, -0.25) is 4.79 Å². The fourth-order valence-corrected chi connectivity index (χ4v) is 2.75. The second kappa shape index (κ2) is 6.44. The van der Waals surface area contributed by atoms with E-state index in [9.17, 15) is 4.79 Å². The van der Waals surface area contributed by atoms with Crippen LogP contribution < -0.4 is 5.32 Å². The number of hydrogen-bond donors (Lipinski definition) is 1. The van der Waals surface area contributed by atoms with Crippen molar-refractivity contribution in [1.82, 2.24) is 5.32 Å². The lowest BCUT2D eigenvalue weighted by Crippen LogP contribution is -2.45. The Hall–Kier alpha value is -1.61. The fourth-order valence-electron chi connectivity index (χ4n) is 2.29. The molecule has 1 atom stereocenters.